The van der Waals surface area contributed by atoms with E-state index in [4.69, 9.17) is 0 Å². The van der Waals surface area contributed by atoms with Crippen LogP contribution in [0.2, 0.25) is 0 Å². The average Bonchev–Trinajstić information content (AvgIpc) is 2.75. The SMILES string of the molecule is CC(NC1CCN(C)CC1C)c1ccn[nH]1. The van der Waals surface area contributed by atoms with Gasteiger partial charge in [0.1, 0.15) is 0 Å². The standard InChI is InChI=1S/C12H22N4/c1-9-8-16(3)7-5-11(9)14-10(2)12-4-6-13-15-12/h4,6,9-11,14H,5,7-8H2,1-3H3,(H,13,15). The summed E-state index contributed by atoms with van der Waals surface area (Å²) in [6.07, 6.45) is 3.04. The zero-order chi connectivity index (χ0) is 11.5. The van der Waals surface area contributed by atoms with Crippen LogP contribution in [0, 0.1) is 5.92 Å². The summed E-state index contributed by atoms with van der Waals surface area (Å²) in [7, 11) is 2.20. The zero-order valence-electron chi connectivity index (χ0n) is 10.4. The number of hydrogen-bond acceptors (Lipinski definition) is 3. The first-order valence-electron chi connectivity index (χ1n) is 6.10. The van der Waals surface area contributed by atoms with Gasteiger partial charge in [-0.2, -0.15) is 5.10 Å². The lowest BCUT2D eigenvalue weighted by Gasteiger charge is -2.36. The number of nitrogens with zero attached hydrogens (tertiary/aromatic N) is 2. The molecule has 1 aliphatic heterocycles. The molecule has 0 radical (unpaired) electrons. The molecule has 1 aliphatic rings. The van der Waals surface area contributed by atoms with Gasteiger partial charge in [0.05, 0.1) is 5.69 Å². The van der Waals surface area contributed by atoms with Gasteiger partial charge in [0.2, 0.25) is 0 Å². The third kappa shape index (κ3) is 2.62. The second kappa shape index (κ2) is 4.97. The molecule has 0 spiro atoms. The summed E-state index contributed by atoms with van der Waals surface area (Å²) >= 11 is 0. The quantitative estimate of drug-likeness (QED) is 0.812. The number of likely N-dealkylation sites (tertiary alicyclic amines) is 1. The Bertz CT molecular complexity index is 309. The highest BCUT2D eigenvalue weighted by Crippen LogP contribution is 2.19. The molecule has 4 nitrogen and oxygen atoms in total. The molecule has 90 valence electrons. The highest BCUT2D eigenvalue weighted by Gasteiger charge is 2.25. The predicted molar refractivity (Wildman–Crippen MR) is 65.2 cm³/mol. The summed E-state index contributed by atoms with van der Waals surface area (Å²) in [6, 6.07) is 3.02. The van der Waals surface area contributed by atoms with E-state index in [0.717, 1.165) is 0 Å². The fraction of sp³-hybridized carbons (Fsp3) is 0.750. The lowest BCUT2D eigenvalue weighted by atomic mass is 9.93. The van der Waals surface area contributed by atoms with Crippen molar-refractivity contribution in [3.8, 4) is 0 Å². The van der Waals surface area contributed by atoms with Gasteiger partial charge in [-0.25, -0.2) is 0 Å². The fourth-order valence-corrected chi connectivity index (χ4v) is 2.52. The summed E-state index contributed by atoms with van der Waals surface area (Å²) in [4.78, 5) is 2.41. The van der Waals surface area contributed by atoms with E-state index in [-0.39, 0.29) is 0 Å². The largest absolute Gasteiger partial charge is 0.306 e. The van der Waals surface area contributed by atoms with Crippen LogP contribution >= 0.6 is 0 Å². The van der Waals surface area contributed by atoms with Crippen molar-refractivity contribution in [2.24, 2.45) is 5.92 Å². The lowest BCUT2D eigenvalue weighted by Crippen LogP contribution is -2.47. The molecule has 1 saturated heterocycles. The monoisotopic (exact) mass is 222 g/mol. The van der Waals surface area contributed by atoms with E-state index in [0.29, 0.717) is 18.0 Å². The van der Waals surface area contributed by atoms with Crippen LogP contribution in [0.5, 0.6) is 0 Å². The highest BCUT2D eigenvalue weighted by atomic mass is 15.1. The molecule has 1 fully saturated rings. The van der Waals surface area contributed by atoms with Gasteiger partial charge >= 0.3 is 0 Å². The zero-order valence-corrected chi connectivity index (χ0v) is 10.4. The summed E-state index contributed by atoms with van der Waals surface area (Å²) in [5.41, 5.74) is 1.17. The van der Waals surface area contributed by atoms with Crippen molar-refractivity contribution in [3.05, 3.63) is 18.0 Å². The molecule has 2 heterocycles. The van der Waals surface area contributed by atoms with Crippen LogP contribution in [0.4, 0.5) is 0 Å². The van der Waals surface area contributed by atoms with Crippen LogP contribution in [-0.2, 0) is 0 Å². The summed E-state index contributed by atoms with van der Waals surface area (Å²) in [6.45, 7) is 6.90. The maximum absolute atomic E-state index is 3.99. The second-order valence-electron chi connectivity index (χ2n) is 5.04. The van der Waals surface area contributed by atoms with Gasteiger partial charge in [0.25, 0.3) is 0 Å². The van der Waals surface area contributed by atoms with Gasteiger partial charge in [-0.05, 0) is 38.9 Å². The normalized spacial score (nSPS) is 29.2. The van der Waals surface area contributed by atoms with Crippen molar-refractivity contribution in [2.45, 2.75) is 32.4 Å². The van der Waals surface area contributed by atoms with Crippen LogP contribution in [-0.4, -0.2) is 41.3 Å². The van der Waals surface area contributed by atoms with E-state index in [1.165, 1.54) is 25.2 Å². The van der Waals surface area contributed by atoms with Crippen molar-refractivity contribution < 1.29 is 0 Å². The molecular formula is C12H22N4. The molecule has 2 rings (SSSR count). The number of aromatic nitrogens is 2. The van der Waals surface area contributed by atoms with E-state index in [2.05, 4.69) is 41.3 Å². The van der Waals surface area contributed by atoms with Crippen molar-refractivity contribution in [3.63, 3.8) is 0 Å². The average molecular weight is 222 g/mol. The molecule has 0 bridgehead atoms. The fourth-order valence-electron chi connectivity index (χ4n) is 2.52. The molecule has 3 atom stereocenters. The Balaban J connectivity index is 1.89. The van der Waals surface area contributed by atoms with Gasteiger partial charge < -0.3 is 10.2 Å². The Morgan fingerprint density at radius 2 is 2.44 bits per heavy atom. The molecule has 4 heteroatoms. The van der Waals surface area contributed by atoms with Gasteiger partial charge in [-0.1, -0.05) is 6.92 Å². The van der Waals surface area contributed by atoms with E-state index in [1.54, 1.807) is 0 Å². The van der Waals surface area contributed by atoms with Crippen LogP contribution in [0.3, 0.4) is 0 Å². The molecule has 1 aromatic rings. The highest BCUT2D eigenvalue weighted by molar-refractivity contribution is 5.04. The maximum Gasteiger partial charge on any atom is 0.0518 e. The molecule has 2 N–H and O–H groups in total. The molecule has 0 aromatic carbocycles. The maximum atomic E-state index is 3.99. The Hall–Kier alpha value is -0.870. The first-order valence-corrected chi connectivity index (χ1v) is 6.10. The van der Waals surface area contributed by atoms with E-state index < -0.39 is 0 Å². The predicted octanol–water partition coefficient (Wildman–Crippen LogP) is 1.40. The van der Waals surface area contributed by atoms with Gasteiger partial charge in [0, 0.05) is 24.8 Å². The number of nitrogens with one attached hydrogen (secondary N) is 2. The number of H-pyrrole nitrogens is 1. The molecular weight excluding hydrogens is 200 g/mol. The third-order valence-corrected chi connectivity index (χ3v) is 3.56. The summed E-state index contributed by atoms with van der Waals surface area (Å²) in [5, 5.41) is 10.7. The topological polar surface area (TPSA) is 44.0 Å². The van der Waals surface area contributed by atoms with Gasteiger partial charge in [-0.15, -0.1) is 0 Å². The second-order valence-corrected chi connectivity index (χ2v) is 5.04. The molecule has 3 unspecified atom stereocenters. The minimum atomic E-state index is 0.360. The van der Waals surface area contributed by atoms with Crippen LogP contribution < -0.4 is 5.32 Å². The number of aromatic amines is 1. The number of rotatable bonds is 3. The lowest BCUT2D eigenvalue weighted by molar-refractivity contribution is 0.167. The van der Waals surface area contributed by atoms with E-state index in [1.807, 2.05) is 12.3 Å². The molecule has 0 saturated carbocycles. The first-order chi connectivity index (χ1) is 7.66. The molecule has 0 aliphatic carbocycles. The van der Waals surface area contributed by atoms with Crippen molar-refractivity contribution in [2.75, 3.05) is 20.1 Å². The molecule has 16 heavy (non-hydrogen) atoms. The van der Waals surface area contributed by atoms with E-state index >= 15 is 0 Å². The number of piperidine rings is 1. The summed E-state index contributed by atoms with van der Waals surface area (Å²) < 4.78 is 0. The first kappa shape index (κ1) is 11.6. The Morgan fingerprint density at radius 3 is 3.06 bits per heavy atom. The molecule has 1 aromatic heterocycles. The van der Waals surface area contributed by atoms with Gasteiger partial charge in [-0.3, -0.25) is 5.10 Å². The summed E-state index contributed by atoms with van der Waals surface area (Å²) in [5.74, 6) is 0.712. The minimum Gasteiger partial charge on any atom is -0.306 e. The van der Waals surface area contributed by atoms with Crippen molar-refractivity contribution >= 4 is 0 Å². The number of hydrogen-bond donors (Lipinski definition) is 2. The minimum absolute atomic E-state index is 0.360. The third-order valence-electron chi connectivity index (χ3n) is 3.56. The van der Waals surface area contributed by atoms with Crippen molar-refractivity contribution in [1.82, 2.24) is 20.4 Å². The van der Waals surface area contributed by atoms with Crippen LogP contribution in [0.15, 0.2) is 12.3 Å². The molecule has 0 amide bonds. The Morgan fingerprint density at radius 1 is 1.62 bits per heavy atom. The Kier molecular flexibility index (Phi) is 3.61. The van der Waals surface area contributed by atoms with Gasteiger partial charge in [0.15, 0.2) is 0 Å². The van der Waals surface area contributed by atoms with Crippen molar-refractivity contribution in [1.29, 1.82) is 0 Å². The Labute approximate surface area is 97.4 Å². The van der Waals surface area contributed by atoms with E-state index in [9.17, 15) is 0 Å². The van der Waals surface area contributed by atoms with Crippen LogP contribution in [0.25, 0.3) is 0 Å². The smallest absolute Gasteiger partial charge is 0.0518 e. The van der Waals surface area contributed by atoms with Crippen LogP contribution in [0.1, 0.15) is 32.0 Å².